The molecule has 7 heteroatoms. The molecule has 3 aromatic rings. The molecule has 0 heterocycles. The largest absolute Gasteiger partial charge is 0.496 e. The van der Waals surface area contributed by atoms with Gasteiger partial charge in [0.05, 0.1) is 25.5 Å². The topological polar surface area (TPSA) is 69.2 Å². The molecule has 0 atom stereocenters. The van der Waals surface area contributed by atoms with Crippen molar-refractivity contribution in [3.63, 3.8) is 0 Å². The van der Waals surface area contributed by atoms with Gasteiger partial charge in [0.15, 0.2) is 11.5 Å². The second kappa shape index (κ2) is 11.2. The van der Waals surface area contributed by atoms with Crippen molar-refractivity contribution in [3.8, 4) is 17.2 Å². The number of carbonyl (C=O) groups is 1. The maximum absolute atomic E-state index is 12.4. The lowest BCUT2D eigenvalue weighted by molar-refractivity contribution is 0.0952. The summed E-state index contributed by atoms with van der Waals surface area (Å²) in [5.41, 5.74) is 4.73. The first kappa shape index (κ1) is 22.4. The van der Waals surface area contributed by atoms with E-state index in [9.17, 15) is 4.79 Å². The molecule has 0 aliphatic heterocycles. The van der Waals surface area contributed by atoms with Crippen molar-refractivity contribution in [2.45, 2.75) is 13.5 Å². The van der Waals surface area contributed by atoms with Crippen LogP contribution in [0.2, 0.25) is 0 Å². The Bertz CT molecular complexity index is 1050. The quantitative estimate of drug-likeness (QED) is 0.336. The summed E-state index contributed by atoms with van der Waals surface area (Å²) >= 11 is 3.36. The van der Waals surface area contributed by atoms with E-state index < -0.39 is 0 Å². The summed E-state index contributed by atoms with van der Waals surface area (Å²) in [7, 11) is 1.51. The number of ether oxygens (including phenoxy) is 3. The summed E-state index contributed by atoms with van der Waals surface area (Å²) in [5, 5.41) is 4.06. The zero-order valence-corrected chi connectivity index (χ0v) is 18.9. The van der Waals surface area contributed by atoms with Crippen LogP contribution in [0.25, 0.3) is 0 Å². The molecule has 3 aromatic carbocycles. The van der Waals surface area contributed by atoms with Gasteiger partial charge in [0.25, 0.3) is 5.91 Å². The predicted octanol–water partition coefficient (Wildman–Crippen LogP) is 5.20. The Morgan fingerprint density at radius 2 is 1.77 bits per heavy atom. The molecule has 1 amide bonds. The van der Waals surface area contributed by atoms with Crippen LogP contribution in [0.3, 0.4) is 0 Å². The van der Waals surface area contributed by atoms with E-state index in [0.717, 1.165) is 15.6 Å². The number of nitrogens with one attached hydrogen (secondary N) is 1. The average molecular weight is 483 g/mol. The van der Waals surface area contributed by atoms with Gasteiger partial charge < -0.3 is 14.2 Å². The summed E-state index contributed by atoms with van der Waals surface area (Å²) in [6.45, 7) is 2.86. The van der Waals surface area contributed by atoms with Gasteiger partial charge in [-0.1, -0.05) is 46.3 Å². The standard InChI is InChI=1S/C24H23BrN2O4/c1-3-30-23-13-18(9-11-22(23)31-16-17-7-5-4-6-8-17)15-26-27-24(28)20-14-19(25)10-12-21(20)29-2/h4-15H,3,16H2,1-2H3,(H,27,28)/b26-15-. The van der Waals surface area contributed by atoms with Crippen LogP contribution in [0.4, 0.5) is 0 Å². The van der Waals surface area contributed by atoms with Crippen LogP contribution in [-0.4, -0.2) is 25.8 Å². The average Bonchev–Trinajstić information content (AvgIpc) is 2.79. The molecule has 3 rings (SSSR count). The minimum Gasteiger partial charge on any atom is -0.496 e. The van der Waals surface area contributed by atoms with E-state index in [1.165, 1.54) is 7.11 Å². The van der Waals surface area contributed by atoms with Gasteiger partial charge in [-0.3, -0.25) is 4.79 Å². The summed E-state index contributed by atoms with van der Waals surface area (Å²) in [5.74, 6) is 1.35. The molecule has 0 bridgehead atoms. The van der Waals surface area contributed by atoms with E-state index in [1.807, 2.05) is 55.5 Å². The zero-order valence-electron chi connectivity index (χ0n) is 17.3. The van der Waals surface area contributed by atoms with Gasteiger partial charge in [0.2, 0.25) is 0 Å². The Kier molecular flexibility index (Phi) is 8.06. The lowest BCUT2D eigenvalue weighted by atomic mass is 10.2. The van der Waals surface area contributed by atoms with Crippen molar-refractivity contribution in [1.29, 1.82) is 0 Å². The predicted molar refractivity (Wildman–Crippen MR) is 124 cm³/mol. The summed E-state index contributed by atoms with van der Waals surface area (Å²) in [6.07, 6.45) is 1.55. The monoisotopic (exact) mass is 482 g/mol. The molecule has 6 nitrogen and oxygen atoms in total. The highest BCUT2D eigenvalue weighted by Crippen LogP contribution is 2.29. The van der Waals surface area contributed by atoms with Gasteiger partial charge in [-0.05, 0) is 54.4 Å². The number of amides is 1. The number of carbonyl (C=O) groups excluding carboxylic acids is 1. The first-order valence-electron chi connectivity index (χ1n) is 9.71. The van der Waals surface area contributed by atoms with Gasteiger partial charge in [0.1, 0.15) is 12.4 Å². The van der Waals surface area contributed by atoms with Gasteiger partial charge in [0, 0.05) is 4.47 Å². The molecule has 0 spiro atoms. The molecular weight excluding hydrogens is 460 g/mol. The van der Waals surface area contributed by atoms with Gasteiger partial charge in [-0.2, -0.15) is 5.10 Å². The second-order valence-electron chi connectivity index (χ2n) is 6.46. The SMILES string of the molecule is CCOc1cc(/C=N\NC(=O)c2cc(Br)ccc2OC)ccc1OCc1ccccc1. The number of halogens is 1. The Labute approximate surface area is 190 Å². The highest BCUT2D eigenvalue weighted by atomic mass is 79.9. The fourth-order valence-corrected chi connectivity index (χ4v) is 3.17. The number of hydrogen-bond acceptors (Lipinski definition) is 5. The molecule has 0 aliphatic rings. The van der Waals surface area contributed by atoms with E-state index in [4.69, 9.17) is 14.2 Å². The van der Waals surface area contributed by atoms with Crippen LogP contribution in [0.1, 0.15) is 28.4 Å². The van der Waals surface area contributed by atoms with E-state index in [0.29, 0.717) is 36.0 Å². The molecule has 31 heavy (non-hydrogen) atoms. The van der Waals surface area contributed by atoms with Crippen molar-refractivity contribution in [2.75, 3.05) is 13.7 Å². The smallest absolute Gasteiger partial charge is 0.275 e. The second-order valence-corrected chi connectivity index (χ2v) is 7.37. The Hall–Kier alpha value is -3.32. The maximum Gasteiger partial charge on any atom is 0.275 e. The Morgan fingerprint density at radius 1 is 1.00 bits per heavy atom. The molecule has 1 N–H and O–H groups in total. The molecule has 0 aromatic heterocycles. The fourth-order valence-electron chi connectivity index (χ4n) is 2.81. The number of methoxy groups -OCH3 is 1. The van der Waals surface area contributed by atoms with Gasteiger partial charge >= 0.3 is 0 Å². The van der Waals surface area contributed by atoms with Gasteiger partial charge in [-0.25, -0.2) is 5.43 Å². The number of hydrogen-bond donors (Lipinski definition) is 1. The Morgan fingerprint density at radius 3 is 2.52 bits per heavy atom. The van der Waals surface area contributed by atoms with Crippen LogP contribution in [0.15, 0.2) is 76.3 Å². The maximum atomic E-state index is 12.4. The highest BCUT2D eigenvalue weighted by Gasteiger charge is 2.12. The number of benzene rings is 3. The van der Waals surface area contributed by atoms with E-state index in [2.05, 4.69) is 26.5 Å². The first-order chi connectivity index (χ1) is 15.1. The third-order valence-corrected chi connectivity index (χ3v) is 4.78. The van der Waals surface area contributed by atoms with E-state index >= 15 is 0 Å². The molecule has 0 unspecified atom stereocenters. The van der Waals surface area contributed by atoms with Crippen LogP contribution >= 0.6 is 15.9 Å². The fraction of sp³-hybridized carbons (Fsp3) is 0.167. The molecule has 0 aliphatic carbocycles. The molecule has 0 saturated carbocycles. The summed E-state index contributed by atoms with van der Waals surface area (Å²) < 4.78 is 17.6. The minimum absolute atomic E-state index is 0.373. The van der Waals surface area contributed by atoms with Crippen LogP contribution in [0, 0.1) is 0 Å². The molecule has 0 saturated heterocycles. The van der Waals surface area contributed by atoms with Crippen LogP contribution < -0.4 is 19.6 Å². The highest BCUT2D eigenvalue weighted by molar-refractivity contribution is 9.10. The molecule has 160 valence electrons. The Balaban J connectivity index is 1.68. The normalized spacial score (nSPS) is 10.7. The van der Waals surface area contributed by atoms with Crippen molar-refractivity contribution in [1.82, 2.24) is 5.43 Å². The van der Waals surface area contributed by atoms with Gasteiger partial charge in [-0.15, -0.1) is 0 Å². The number of hydrazone groups is 1. The van der Waals surface area contributed by atoms with Crippen molar-refractivity contribution < 1.29 is 19.0 Å². The lowest BCUT2D eigenvalue weighted by Gasteiger charge is -2.12. The molecule has 0 radical (unpaired) electrons. The number of rotatable bonds is 9. The van der Waals surface area contributed by atoms with Crippen LogP contribution in [0.5, 0.6) is 17.2 Å². The minimum atomic E-state index is -0.373. The van der Waals surface area contributed by atoms with Crippen molar-refractivity contribution in [3.05, 3.63) is 87.9 Å². The molecule has 0 fully saturated rings. The zero-order chi connectivity index (χ0) is 22.1. The third kappa shape index (κ3) is 6.33. The first-order valence-corrected chi connectivity index (χ1v) is 10.5. The summed E-state index contributed by atoms with van der Waals surface area (Å²) in [4.78, 5) is 12.4. The third-order valence-electron chi connectivity index (χ3n) is 4.29. The van der Waals surface area contributed by atoms with E-state index in [1.54, 1.807) is 24.4 Å². The number of nitrogens with zero attached hydrogens (tertiary/aromatic N) is 1. The molecular formula is C24H23BrN2O4. The van der Waals surface area contributed by atoms with Crippen molar-refractivity contribution >= 4 is 28.1 Å². The summed E-state index contributed by atoms with van der Waals surface area (Å²) in [6, 6.07) is 20.6. The van der Waals surface area contributed by atoms with Crippen LogP contribution in [-0.2, 0) is 6.61 Å². The van der Waals surface area contributed by atoms with E-state index in [-0.39, 0.29) is 5.91 Å². The van der Waals surface area contributed by atoms with Crippen molar-refractivity contribution in [2.24, 2.45) is 5.10 Å². The lowest BCUT2D eigenvalue weighted by Crippen LogP contribution is -2.18.